The lowest BCUT2D eigenvalue weighted by Gasteiger charge is -2.30. The highest BCUT2D eigenvalue weighted by atomic mass is 19.1. The van der Waals surface area contributed by atoms with Crippen LogP contribution in [-0.2, 0) is 13.0 Å². The molecular weight excluding hydrogens is 203 g/mol. The average Bonchev–Trinajstić information content (AvgIpc) is 2.19. The van der Waals surface area contributed by atoms with Gasteiger partial charge in [-0.05, 0) is 35.6 Å². The van der Waals surface area contributed by atoms with Gasteiger partial charge in [0.05, 0.1) is 5.69 Å². The van der Waals surface area contributed by atoms with E-state index in [2.05, 4.69) is 18.7 Å². The number of benzene rings is 1. The summed E-state index contributed by atoms with van der Waals surface area (Å²) in [6.45, 7) is 7.10. The molecule has 2 N–H and O–H groups in total. The minimum atomic E-state index is -0.294. The summed E-state index contributed by atoms with van der Waals surface area (Å²) < 4.78 is 13.3. The molecule has 0 saturated heterocycles. The Kier molecular flexibility index (Phi) is 3.15. The van der Waals surface area contributed by atoms with Gasteiger partial charge in [0.1, 0.15) is 5.82 Å². The number of halogens is 1. The molecule has 0 bridgehead atoms. The van der Waals surface area contributed by atoms with Gasteiger partial charge >= 0.3 is 0 Å². The molecule has 0 atom stereocenters. The molecule has 1 aromatic rings. The van der Waals surface area contributed by atoms with Crippen molar-refractivity contribution in [2.45, 2.75) is 26.8 Å². The van der Waals surface area contributed by atoms with Crippen molar-refractivity contribution in [2.24, 2.45) is 0 Å². The molecule has 1 heterocycles. The monoisotopic (exact) mass is 221 g/mol. The molecule has 16 heavy (non-hydrogen) atoms. The van der Waals surface area contributed by atoms with Crippen LogP contribution in [0.3, 0.4) is 0 Å². The van der Waals surface area contributed by atoms with Gasteiger partial charge in [0.25, 0.3) is 0 Å². The van der Waals surface area contributed by atoms with Gasteiger partial charge in [0.2, 0.25) is 0 Å². The zero-order chi connectivity index (χ0) is 11.7. The Morgan fingerprint density at radius 1 is 1.38 bits per heavy atom. The number of hydrogen-bond donors (Lipinski definition) is 1. The van der Waals surface area contributed by atoms with Crippen LogP contribution < -0.4 is 5.73 Å². The van der Waals surface area contributed by atoms with Gasteiger partial charge in [-0.15, -0.1) is 0 Å². The summed E-state index contributed by atoms with van der Waals surface area (Å²) in [6, 6.07) is 3.37. The van der Waals surface area contributed by atoms with Crippen LogP contribution in [0.15, 0.2) is 12.1 Å². The fourth-order valence-electron chi connectivity index (χ4n) is 2.24. The Hall–Kier alpha value is -1.09. The fraction of sp³-hybridized carbons (Fsp3) is 0.462. The molecule has 1 radical (unpaired) electrons. The maximum Gasteiger partial charge on any atom is 0.146 e. The van der Waals surface area contributed by atoms with Crippen molar-refractivity contribution in [3.8, 4) is 0 Å². The fourth-order valence-corrected chi connectivity index (χ4v) is 2.24. The zero-order valence-corrected chi connectivity index (χ0v) is 9.89. The molecule has 1 aliphatic rings. The highest BCUT2D eigenvalue weighted by Gasteiger charge is 2.18. The maximum absolute atomic E-state index is 13.3. The molecule has 0 amide bonds. The van der Waals surface area contributed by atoms with E-state index in [4.69, 9.17) is 5.73 Å². The predicted octanol–water partition coefficient (Wildman–Crippen LogP) is 2.38. The molecule has 0 fully saturated rings. The van der Waals surface area contributed by atoms with E-state index in [-0.39, 0.29) is 11.5 Å². The first-order valence-corrected chi connectivity index (χ1v) is 5.64. The molecule has 2 rings (SSSR count). The van der Waals surface area contributed by atoms with E-state index in [0.717, 1.165) is 31.6 Å². The largest absolute Gasteiger partial charge is 0.396 e. The molecule has 0 unspecified atom stereocenters. The van der Waals surface area contributed by atoms with Crippen molar-refractivity contribution < 1.29 is 4.39 Å². The lowest BCUT2D eigenvalue weighted by atomic mass is 9.98. The van der Waals surface area contributed by atoms with Gasteiger partial charge in [-0.2, -0.15) is 0 Å². The summed E-state index contributed by atoms with van der Waals surface area (Å²) in [5, 5.41) is 0. The van der Waals surface area contributed by atoms with Crippen LogP contribution in [0.5, 0.6) is 0 Å². The Morgan fingerprint density at radius 3 is 2.81 bits per heavy atom. The number of fused-ring (bicyclic) bond motifs is 1. The molecule has 0 spiro atoms. The van der Waals surface area contributed by atoms with Crippen molar-refractivity contribution in [1.82, 2.24) is 4.90 Å². The predicted molar refractivity (Wildman–Crippen MR) is 64.4 cm³/mol. The highest BCUT2D eigenvalue weighted by molar-refractivity contribution is 5.47. The minimum Gasteiger partial charge on any atom is -0.396 e. The molecule has 1 aromatic carbocycles. The van der Waals surface area contributed by atoms with Crippen LogP contribution in [0.2, 0.25) is 0 Å². The molecule has 0 aromatic heterocycles. The van der Waals surface area contributed by atoms with Gasteiger partial charge in [-0.25, -0.2) is 4.39 Å². The van der Waals surface area contributed by atoms with Crippen molar-refractivity contribution in [3.05, 3.63) is 35.0 Å². The first kappa shape index (κ1) is 11.4. The number of hydrogen-bond acceptors (Lipinski definition) is 2. The van der Waals surface area contributed by atoms with Crippen LogP contribution in [0.4, 0.5) is 10.1 Å². The Balaban J connectivity index is 2.17. The number of nitrogens with zero attached hydrogens (tertiary/aromatic N) is 1. The van der Waals surface area contributed by atoms with Crippen LogP contribution in [0.1, 0.15) is 25.0 Å². The lowest BCUT2D eigenvalue weighted by Crippen LogP contribution is -2.33. The SMILES string of the molecule is C[C](C)CN1CCc2cc(N)c(F)cc2C1. The van der Waals surface area contributed by atoms with Crippen molar-refractivity contribution in [3.63, 3.8) is 0 Å². The minimum absolute atomic E-state index is 0.269. The first-order chi connectivity index (χ1) is 7.56. The van der Waals surface area contributed by atoms with Gasteiger partial charge in [-0.1, -0.05) is 13.8 Å². The summed E-state index contributed by atoms with van der Waals surface area (Å²) >= 11 is 0. The Bertz CT molecular complexity index is 388. The number of rotatable bonds is 2. The molecule has 87 valence electrons. The molecule has 0 saturated carbocycles. The molecule has 3 heteroatoms. The maximum atomic E-state index is 13.3. The smallest absolute Gasteiger partial charge is 0.146 e. The van der Waals surface area contributed by atoms with Crippen LogP contribution in [0.25, 0.3) is 0 Å². The summed E-state index contributed by atoms with van der Waals surface area (Å²) in [5.74, 6) is 1.09. The van der Waals surface area contributed by atoms with E-state index < -0.39 is 0 Å². The van der Waals surface area contributed by atoms with E-state index in [1.165, 1.54) is 11.5 Å². The Labute approximate surface area is 96.2 Å². The van der Waals surface area contributed by atoms with Crippen molar-refractivity contribution in [1.29, 1.82) is 0 Å². The molecule has 2 nitrogen and oxygen atoms in total. The second-order valence-electron chi connectivity index (χ2n) is 4.81. The van der Waals surface area contributed by atoms with E-state index in [0.29, 0.717) is 0 Å². The van der Waals surface area contributed by atoms with Gasteiger partial charge in [0.15, 0.2) is 0 Å². The second kappa shape index (κ2) is 4.42. The van der Waals surface area contributed by atoms with Crippen LogP contribution in [-0.4, -0.2) is 18.0 Å². The first-order valence-electron chi connectivity index (χ1n) is 5.64. The Morgan fingerprint density at radius 2 is 2.12 bits per heavy atom. The summed E-state index contributed by atoms with van der Waals surface area (Å²) in [5.41, 5.74) is 8.12. The highest BCUT2D eigenvalue weighted by Crippen LogP contribution is 2.24. The molecule has 0 aliphatic carbocycles. The van der Waals surface area contributed by atoms with Crippen molar-refractivity contribution >= 4 is 5.69 Å². The summed E-state index contributed by atoms with van der Waals surface area (Å²) in [7, 11) is 0. The van der Waals surface area contributed by atoms with Gasteiger partial charge in [-0.3, -0.25) is 4.90 Å². The number of nitrogen functional groups attached to an aromatic ring is 1. The van der Waals surface area contributed by atoms with E-state index in [1.54, 1.807) is 12.1 Å². The number of nitrogens with two attached hydrogens (primary N) is 1. The average molecular weight is 221 g/mol. The van der Waals surface area contributed by atoms with E-state index in [1.807, 2.05) is 0 Å². The standard InChI is InChI=1S/C13H18FN2/c1-9(2)7-16-4-3-10-6-13(15)12(14)5-11(10)8-16/h5-6H,3-4,7-8,15H2,1-2H3. The summed E-state index contributed by atoms with van der Waals surface area (Å²) in [4.78, 5) is 2.34. The van der Waals surface area contributed by atoms with Crippen LogP contribution in [0, 0.1) is 11.7 Å². The zero-order valence-electron chi connectivity index (χ0n) is 9.89. The third-order valence-corrected chi connectivity index (χ3v) is 2.95. The molecule has 1 aliphatic heterocycles. The van der Waals surface area contributed by atoms with Crippen molar-refractivity contribution in [2.75, 3.05) is 18.8 Å². The number of anilines is 1. The third-order valence-electron chi connectivity index (χ3n) is 2.95. The third kappa shape index (κ3) is 2.35. The topological polar surface area (TPSA) is 29.3 Å². The second-order valence-corrected chi connectivity index (χ2v) is 4.81. The molecular formula is C13H18FN2. The van der Waals surface area contributed by atoms with Gasteiger partial charge in [0, 0.05) is 19.6 Å². The quantitative estimate of drug-likeness (QED) is 0.777. The summed E-state index contributed by atoms with van der Waals surface area (Å²) in [6.07, 6.45) is 0.965. The van der Waals surface area contributed by atoms with Crippen LogP contribution >= 0.6 is 0 Å². The van der Waals surface area contributed by atoms with E-state index in [9.17, 15) is 4.39 Å². The normalized spacial score (nSPS) is 16.5. The lowest BCUT2D eigenvalue weighted by molar-refractivity contribution is 0.264. The van der Waals surface area contributed by atoms with Gasteiger partial charge < -0.3 is 5.73 Å². The van der Waals surface area contributed by atoms with E-state index >= 15 is 0 Å².